The molecule has 1 amide bonds. The number of carbonyl (C=O) groups excluding carboxylic acids is 1. The van der Waals surface area contributed by atoms with Gasteiger partial charge < -0.3 is 10.2 Å². The number of allylic oxidation sites excluding steroid dienone is 1. The molecule has 2 aromatic rings. The minimum absolute atomic E-state index is 0.189. The number of amidine groups is 1. The van der Waals surface area contributed by atoms with Crippen LogP contribution in [0.25, 0.3) is 11.6 Å². The second-order valence-corrected chi connectivity index (χ2v) is 9.46. The number of anilines is 1. The Labute approximate surface area is 186 Å². The summed E-state index contributed by atoms with van der Waals surface area (Å²) >= 11 is 1.22. The van der Waals surface area contributed by atoms with E-state index in [4.69, 9.17) is 0 Å². The minimum atomic E-state index is -0.349. The van der Waals surface area contributed by atoms with Crippen LogP contribution < -0.4 is 10.2 Å². The van der Waals surface area contributed by atoms with Crippen molar-refractivity contribution < 1.29 is 9.18 Å². The molecular formula is C25H26FN3OS. The predicted molar refractivity (Wildman–Crippen MR) is 129 cm³/mol. The number of hydrogen-bond acceptors (Lipinski definition) is 4. The van der Waals surface area contributed by atoms with Crippen molar-refractivity contribution in [1.82, 2.24) is 5.32 Å². The summed E-state index contributed by atoms with van der Waals surface area (Å²) in [5, 5.41) is 3.27. The van der Waals surface area contributed by atoms with Crippen molar-refractivity contribution in [2.24, 2.45) is 4.99 Å². The largest absolute Gasteiger partial charge is 0.365 e. The third kappa shape index (κ3) is 4.17. The monoisotopic (exact) mass is 435 g/mol. The van der Waals surface area contributed by atoms with E-state index in [0.717, 1.165) is 28.9 Å². The van der Waals surface area contributed by atoms with Gasteiger partial charge in [0.2, 0.25) is 0 Å². The number of aliphatic imine (C=N–C) groups is 1. The second-order valence-electron chi connectivity index (χ2n) is 8.43. The second kappa shape index (κ2) is 8.00. The average molecular weight is 436 g/mol. The molecule has 2 aromatic carbocycles. The number of nitrogens with zero attached hydrogens (tertiary/aromatic N) is 2. The lowest BCUT2D eigenvalue weighted by atomic mass is 9.88. The molecule has 0 spiro atoms. The zero-order valence-electron chi connectivity index (χ0n) is 18.4. The van der Waals surface area contributed by atoms with Crippen molar-refractivity contribution in [2.45, 2.75) is 39.7 Å². The minimum Gasteiger partial charge on any atom is -0.365 e. The Kier molecular flexibility index (Phi) is 5.52. The van der Waals surface area contributed by atoms with E-state index in [1.807, 2.05) is 44.3 Å². The van der Waals surface area contributed by atoms with Gasteiger partial charge in [0.15, 0.2) is 5.17 Å². The van der Waals surface area contributed by atoms with Gasteiger partial charge in [-0.3, -0.25) is 4.79 Å². The van der Waals surface area contributed by atoms with Crippen LogP contribution in [0.2, 0.25) is 0 Å². The molecule has 0 atom stereocenters. The number of hydrogen-bond donors (Lipinski definition) is 1. The molecule has 4 nitrogen and oxygen atoms in total. The van der Waals surface area contributed by atoms with Crippen LogP contribution in [-0.2, 0) is 11.2 Å². The highest BCUT2D eigenvalue weighted by molar-refractivity contribution is 8.18. The summed E-state index contributed by atoms with van der Waals surface area (Å²) in [5.74, 6) is -0.617. The van der Waals surface area contributed by atoms with Crippen LogP contribution in [0.15, 0.2) is 52.4 Å². The highest BCUT2D eigenvalue weighted by atomic mass is 32.2. The van der Waals surface area contributed by atoms with E-state index in [1.165, 1.54) is 17.3 Å². The molecule has 1 N–H and O–H groups in total. The van der Waals surface area contributed by atoms with Gasteiger partial charge in [0.25, 0.3) is 5.91 Å². The van der Waals surface area contributed by atoms with Crippen molar-refractivity contribution in [3.8, 4) is 0 Å². The maximum atomic E-state index is 15.0. The first-order valence-corrected chi connectivity index (χ1v) is 11.2. The van der Waals surface area contributed by atoms with Crippen molar-refractivity contribution in [3.05, 3.63) is 69.9 Å². The smallest absolute Gasteiger partial charge is 0.264 e. The van der Waals surface area contributed by atoms with Gasteiger partial charge in [-0.05, 0) is 80.4 Å². The zero-order valence-corrected chi connectivity index (χ0v) is 19.2. The van der Waals surface area contributed by atoms with Crippen LogP contribution in [0, 0.1) is 5.82 Å². The van der Waals surface area contributed by atoms with E-state index in [1.54, 1.807) is 12.1 Å². The van der Waals surface area contributed by atoms with E-state index in [0.29, 0.717) is 15.6 Å². The first-order valence-electron chi connectivity index (χ1n) is 10.3. The number of likely N-dealkylation sites (N-methyl/N-ethyl adjacent to an activating group) is 1. The molecule has 6 heteroatoms. The molecule has 4 rings (SSSR count). The van der Waals surface area contributed by atoms with Crippen LogP contribution in [0.1, 0.15) is 44.4 Å². The van der Waals surface area contributed by atoms with Gasteiger partial charge in [0, 0.05) is 23.9 Å². The first kappa shape index (κ1) is 21.4. The molecule has 0 unspecified atom stereocenters. The molecule has 0 radical (unpaired) electrons. The quantitative estimate of drug-likeness (QED) is 0.610. The number of amides is 1. The van der Waals surface area contributed by atoms with E-state index in [2.05, 4.69) is 42.1 Å². The highest BCUT2D eigenvalue weighted by Crippen LogP contribution is 2.40. The van der Waals surface area contributed by atoms with E-state index in [9.17, 15) is 9.18 Å². The molecule has 1 saturated heterocycles. The molecule has 1 fully saturated rings. The highest BCUT2D eigenvalue weighted by Gasteiger charge is 2.30. The number of fused-ring (bicyclic) bond motifs is 1. The zero-order chi connectivity index (χ0) is 22.3. The van der Waals surface area contributed by atoms with Crippen molar-refractivity contribution in [2.75, 3.05) is 11.9 Å². The van der Waals surface area contributed by atoms with Crippen molar-refractivity contribution in [1.29, 1.82) is 0 Å². The van der Waals surface area contributed by atoms with Gasteiger partial charge in [-0.2, -0.15) is 0 Å². The summed E-state index contributed by atoms with van der Waals surface area (Å²) in [6.45, 7) is 8.34. The molecule has 160 valence electrons. The maximum Gasteiger partial charge on any atom is 0.264 e. The molecule has 2 aliphatic rings. The Morgan fingerprint density at radius 3 is 2.61 bits per heavy atom. The first-order chi connectivity index (χ1) is 14.7. The fourth-order valence-electron chi connectivity index (χ4n) is 3.84. The summed E-state index contributed by atoms with van der Waals surface area (Å²) in [6.07, 6.45) is 4.74. The SMILES string of the molecule is CCc1ccc(N=C2NC(=O)/C(=C\c3cc4c(cc3F)N(C)C(C)(C)C=C4C)S2)cc1. The third-order valence-electron chi connectivity index (χ3n) is 5.85. The number of halogens is 1. The fraction of sp³-hybridized carbons (Fsp3) is 0.280. The average Bonchev–Trinajstić information content (AvgIpc) is 3.06. The summed E-state index contributed by atoms with van der Waals surface area (Å²) in [5.41, 5.74) is 5.13. The third-order valence-corrected chi connectivity index (χ3v) is 6.76. The lowest BCUT2D eigenvalue weighted by molar-refractivity contribution is -0.115. The summed E-state index contributed by atoms with van der Waals surface area (Å²) in [7, 11) is 1.97. The number of benzene rings is 2. The number of nitrogens with one attached hydrogen (secondary N) is 1. The molecule has 31 heavy (non-hydrogen) atoms. The lowest BCUT2D eigenvalue weighted by Crippen LogP contribution is -2.42. The van der Waals surface area contributed by atoms with Crippen LogP contribution >= 0.6 is 11.8 Å². The van der Waals surface area contributed by atoms with Gasteiger partial charge in [-0.1, -0.05) is 25.1 Å². The Hall–Kier alpha value is -2.86. The van der Waals surface area contributed by atoms with Gasteiger partial charge in [0.05, 0.1) is 16.1 Å². The maximum absolute atomic E-state index is 15.0. The summed E-state index contributed by atoms with van der Waals surface area (Å²) in [6, 6.07) is 11.3. The fourth-order valence-corrected chi connectivity index (χ4v) is 4.68. The van der Waals surface area contributed by atoms with Crippen LogP contribution in [0.3, 0.4) is 0 Å². The van der Waals surface area contributed by atoms with Gasteiger partial charge >= 0.3 is 0 Å². The predicted octanol–water partition coefficient (Wildman–Crippen LogP) is 5.91. The number of thioether (sulfide) groups is 1. The van der Waals surface area contributed by atoms with E-state index >= 15 is 0 Å². The topological polar surface area (TPSA) is 44.7 Å². The van der Waals surface area contributed by atoms with Crippen molar-refractivity contribution in [3.63, 3.8) is 0 Å². The summed E-state index contributed by atoms with van der Waals surface area (Å²) < 4.78 is 15.0. The molecule has 2 aliphatic heterocycles. The molecule has 2 heterocycles. The molecule has 0 saturated carbocycles. The normalized spacial score (nSPS) is 20.1. The standard InChI is InChI=1S/C25H26FN3OS/c1-6-16-7-9-18(10-8-16)27-24-28-23(30)22(31-24)12-17-11-19-15(2)14-25(3,4)29(5)21(19)13-20(17)26/h7-14H,6H2,1-5H3,(H,27,28,30)/b22-12+. The summed E-state index contributed by atoms with van der Waals surface area (Å²) in [4.78, 5) is 19.5. The number of aryl methyl sites for hydroxylation is 1. The molecule has 0 aliphatic carbocycles. The molecule has 0 aromatic heterocycles. The van der Waals surface area contributed by atoms with Crippen LogP contribution in [0.5, 0.6) is 0 Å². The van der Waals surface area contributed by atoms with E-state index < -0.39 is 0 Å². The van der Waals surface area contributed by atoms with Gasteiger partial charge in [0.1, 0.15) is 5.82 Å². The Balaban J connectivity index is 1.64. The van der Waals surface area contributed by atoms with Gasteiger partial charge in [-0.15, -0.1) is 0 Å². The van der Waals surface area contributed by atoms with Crippen molar-refractivity contribution >= 4 is 45.9 Å². The Bertz CT molecular complexity index is 1150. The van der Waals surface area contributed by atoms with Gasteiger partial charge in [-0.25, -0.2) is 9.38 Å². The Morgan fingerprint density at radius 1 is 1.23 bits per heavy atom. The molecule has 0 bridgehead atoms. The lowest BCUT2D eigenvalue weighted by Gasteiger charge is -2.40. The Morgan fingerprint density at radius 2 is 1.94 bits per heavy atom. The number of carbonyl (C=O) groups is 1. The van der Waals surface area contributed by atoms with E-state index in [-0.39, 0.29) is 17.3 Å². The van der Waals surface area contributed by atoms with Crippen LogP contribution in [-0.4, -0.2) is 23.7 Å². The van der Waals surface area contributed by atoms with Crippen LogP contribution in [0.4, 0.5) is 15.8 Å². The number of rotatable bonds is 3. The molecular weight excluding hydrogens is 409 g/mol.